The van der Waals surface area contributed by atoms with Crippen LogP contribution in [0.25, 0.3) is 0 Å². The molecule has 0 spiro atoms. The minimum Gasteiger partial charge on any atom is -0.359 e. The second-order valence-corrected chi connectivity index (χ2v) is 6.68. The first-order chi connectivity index (χ1) is 12.4. The summed E-state index contributed by atoms with van der Waals surface area (Å²) in [6.07, 6.45) is -0.183. The summed E-state index contributed by atoms with van der Waals surface area (Å²) in [6, 6.07) is 9.31. The number of rotatable bonds is 4. The molecule has 0 atom stereocenters. The number of nitrogens with zero attached hydrogens (tertiary/aromatic N) is 1. The molecule has 0 unspecified atom stereocenters. The molecule has 136 valence electrons. The predicted molar refractivity (Wildman–Crippen MR) is 100 cm³/mol. The molecule has 0 aliphatic carbocycles. The smallest absolute Gasteiger partial charge is 0.239 e. The van der Waals surface area contributed by atoms with E-state index in [2.05, 4.69) is 10.6 Å². The van der Waals surface area contributed by atoms with Crippen LogP contribution in [-0.2, 0) is 16.0 Å². The number of piperazine rings is 1. The Balaban J connectivity index is 1.69. The maximum atomic E-state index is 13.8. The fourth-order valence-electron chi connectivity index (χ4n) is 2.75. The topological polar surface area (TPSA) is 61.4 Å². The van der Waals surface area contributed by atoms with E-state index in [0.29, 0.717) is 23.8 Å². The van der Waals surface area contributed by atoms with Gasteiger partial charge in [0.25, 0.3) is 0 Å². The number of halogens is 3. The number of nitrogens with one attached hydrogen (secondary N) is 2. The van der Waals surface area contributed by atoms with Crippen molar-refractivity contribution >= 4 is 46.4 Å². The number of benzene rings is 2. The van der Waals surface area contributed by atoms with Crippen LogP contribution in [0.2, 0.25) is 10.0 Å². The van der Waals surface area contributed by atoms with Crippen molar-refractivity contribution in [3.63, 3.8) is 0 Å². The van der Waals surface area contributed by atoms with Crippen molar-refractivity contribution in [3.8, 4) is 0 Å². The quantitative estimate of drug-likeness (QED) is 0.834. The zero-order valence-electron chi connectivity index (χ0n) is 13.7. The van der Waals surface area contributed by atoms with Gasteiger partial charge < -0.3 is 15.5 Å². The standard InChI is InChI=1S/C18H16Cl2FN3O2/c19-13-2-1-3-15(21)12(13)9-17(25)23-11-4-5-16(14(20)8-11)24-7-6-22-18(26)10-24/h1-5,8H,6-7,9-10H2,(H,22,26)(H,23,25). The SMILES string of the molecule is O=C1CN(c2ccc(NC(=O)Cc3c(F)cccc3Cl)cc2Cl)CCN1. The van der Waals surface area contributed by atoms with Crippen LogP contribution >= 0.6 is 23.2 Å². The van der Waals surface area contributed by atoms with Crippen LogP contribution < -0.4 is 15.5 Å². The van der Waals surface area contributed by atoms with Crippen LogP contribution in [0.5, 0.6) is 0 Å². The van der Waals surface area contributed by atoms with Crippen LogP contribution in [0.4, 0.5) is 15.8 Å². The summed E-state index contributed by atoms with van der Waals surface area (Å²) in [6.45, 7) is 1.44. The number of anilines is 2. The van der Waals surface area contributed by atoms with E-state index in [1.54, 1.807) is 18.2 Å². The minimum atomic E-state index is -0.524. The monoisotopic (exact) mass is 395 g/mol. The van der Waals surface area contributed by atoms with Gasteiger partial charge in [-0.2, -0.15) is 0 Å². The Morgan fingerprint density at radius 3 is 2.73 bits per heavy atom. The lowest BCUT2D eigenvalue weighted by Gasteiger charge is -2.29. The summed E-state index contributed by atoms with van der Waals surface area (Å²) in [5.74, 6) is -0.992. The molecule has 2 amide bonds. The number of hydrogen-bond acceptors (Lipinski definition) is 3. The molecule has 0 aromatic heterocycles. The molecule has 3 rings (SSSR count). The largest absolute Gasteiger partial charge is 0.359 e. The minimum absolute atomic E-state index is 0.0635. The summed E-state index contributed by atoms with van der Waals surface area (Å²) in [4.78, 5) is 25.6. The summed E-state index contributed by atoms with van der Waals surface area (Å²) in [5.41, 5.74) is 1.35. The number of hydrogen-bond donors (Lipinski definition) is 2. The van der Waals surface area contributed by atoms with Crippen molar-refractivity contribution in [1.82, 2.24) is 5.32 Å². The highest BCUT2D eigenvalue weighted by molar-refractivity contribution is 6.33. The lowest BCUT2D eigenvalue weighted by molar-refractivity contribution is -0.120. The van der Waals surface area contributed by atoms with Crippen molar-refractivity contribution in [3.05, 3.63) is 57.8 Å². The molecule has 5 nitrogen and oxygen atoms in total. The lowest BCUT2D eigenvalue weighted by Crippen LogP contribution is -2.47. The van der Waals surface area contributed by atoms with Gasteiger partial charge in [-0.15, -0.1) is 0 Å². The Morgan fingerprint density at radius 1 is 1.23 bits per heavy atom. The first kappa shape index (κ1) is 18.5. The molecule has 1 aliphatic rings. The van der Waals surface area contributed by atoms with Gasteiger partial charge in [0.05, 0.1) is 23.7 Å². The lowest BCUT2D eigenvalue weighted by atomic mass is 10.1. The highest BCUT2D eigenvalue weighted by Crippen LogP contribution is 2.29. The Kier molecular flexibility index (Phi) is 5.64. The summed E-state index contributed by atoms with van der Waals surface area (Å²) in [7, 11) is 0. The molecular weight excluding hydrogens is 380 g/mol. The fourth-order valence-corrected chi connectivity index (χ4v) is 3.28. The Hall–Kier alpha value is -2.31. The van der Waals surface area contributed by atoms with Crippen LogP contribution in [0.1, 0.15) is 5.56 Å². The molecule has 2 aromatic rings. The number of amides is 2. The third-order valence-corrected chi connectivity index (χ3v) is 4.67. The molecule has 2 N–H and O–H groups in total. The van der Waals surface area contributed by atoms with E-state index < -0.39 is 11.7 Å². The predicted octanol–water partition coefficient (Wildman–Crippen LogP) is 3.25. The van der Waals surface area contributed by atoms with E-state index in [4.69, 9.17) is 23.2 Å². The molecule has 0 radical (unpaired) electrons. The van der Waals surface area contributed by atoms with E-state index in [1.807, 2.05) is 4.90 Å². The average Bonchev–Trinajstić information content (AvgIpc) is 2.58. The second-order valence-electron chi connectivity index (χ2n) is 5.86. The summed E-state index contributed by atoms with van der Waals surface area (Å²) < 4.78 is 13.8. The van der Waals surface area contributed by atoms with Gasteiger partial charge in [-0.1, -0.05) is 29.3 Å². The third-order valence-electron chi connectivity index (χ3n) is 4.01. The van der Waals surface area contributed by atoms with Gasteiger partial charge in [0, 0.05) is 29.4 Å². The van der Waals surface area contributed by atoms with Crippen LogP contribution in [0, 0.1) is 5.82 Å². The Labute approximate surface area is 160 Å². The third kappa shape index (κ3) is 4.26. The van der Waals surface area contributed by atoms with Crippen molar-refractivity contribution in [2.75, 3.05) is 29.9 Å². The van der Waals surface area contributed by atoms with Gasteiger partial charge in [-0.3, -0.25) is 9.59 Å². The van der Waals surface area contributed by atoms with Gasteiger partial charge in [0.1, 0.15) is 5.82 Å². The van der Waals surface area contributed by atoms with Gasteiger partial charge in [0.15, 0.2) is 0 Å². The van der Waals surface area contributed by atoms with Crippen molar-refractivity contribution in [2.24, 2.45) is 0 Å². The molecule has 1 heterocycles. The molecule has 26 heavy (non-hydrogen) atoms. The van der Waals surface area contributed by atoms with E-state index in [1.165, 1.54) is 18.2 Å². The first-order valence-corrected chi connectivity index (χ1v) is 8.73. The van der Waals surface area contributed by atoms with E-state index >= 15 is 0 Å². The zero-order chi connectivity index (χ0) is 18.7. The molecule has 1 fully saturated rings. The van der Waals surface area contributed by atoms with Gasteiger partial charge >= 0.3 is 0 Å². The zero-order valence-corrected chi connectivity index (χ0v) is 15.2. The summed E-state index contributed by atoms with van der Waals surface area (Å²) in [5, 5.41) is 6.05. The van der Waals surface area contributed by atoms with E-state index in [9.17, 15) is 14.0 Å². The highest BCUT2D eigenvalue weighted by Gasteiger charge is 2.19. The molecule has 1 aliphatic heterocycles. The first-order valence-electron chi connectivity index (χ1n) is 7.98. The summed E-state index contributed by atoms with van der Waals surface area (Å²) >= 11 is 12.2. The van der Waals surface area contributed by atoms with Crippen LogP contribution in [0.3, 0.4) is 0 Å². The molecule has 0 saturated carbocycles. The molecule has 1 saturated heterocycles. The molecule has 8 heteroatoms. The molecule has 2 aromatic carbocycles. The van der Waals surface area contributed by atoms with E-state index in [-0.39, 0.29) is 29.5 Å². The maximum absolute atomic E-state index is 13.8. The van der Waals surface area contributed by atoms with E-state index in [0.717, 1.165) is 5.69 Å². The maximum Gasteiger partial charge on any atom is 0.239 e. The normalized spacial score (nSPS) is 14.1. The number of carbonyl (C=O) groups excluding carboxylic acids is 2. The van der Waals surface area contributed by atoms with Crippen molar-refractivity contribution in [1.29, 1.82) is 0 Å². The Bertz CT molecular complexity index is 840. The fraction of sp³-hybridized carbons (Fsp3) is 0.222. The average molecular weight is 396 g/mol. The van der Waals surface area contributed by atoms with Gasteiger partial charge in [0.2, 0.25) is 11.8 Å². The Morgan fingerprint density at radius 2 is 2.04 bits per heavy atom. The molecule has 0 bridgehead atoms. The van der Waals surface area contributed by atoms with Gasteiger partial charge in [-0.05, 0) is 30.3 Å². The highest BCUT2D eigenvalue weighted by atomic mass is 35.5. The molecular formula is C18H16Cl2FN3O2. The van der Waals surface area contributed by atoms with Gasteiger partial charge in [-0.25, -0.2) is 4.39 Å². The van der Waals surface area contributed by atoms with Crippen LogP contribution in [-0.4, -0.2) is 31.4 Å². The number of carbonyl (C=O) groups is 2. The van der Waals surface area contributed by atoms with Crippen molar-refractivity contribution in [2.45, 2.75) is 6.42 Å². The van der Waals surface area contributed by atoms with Crippen LogP contribution in [0.15, 0.2) is 36.4 Å². The second kappa shape index (κ2) is 7.93. The van der Waals surface area contributed by atoms with Crippen molar-refractivity contribution < 1.29 is 14.0 Å².